The lowest BCUT2D eigenvalue weighted by Crippen LogP contribution is -1.69. The van der Waals surface area contributed by atoms with Crippen LogP contribution in [0.4, 0.5) is 0 Å². The van der Waals surface area contributed by atoms with Crippen molar-refractivity contribution in [1.82, 2.24) is 4.98 Å². The molecule has 0 bridgehead atoms. The van der Waals surface area contributed by atoms with Crippen molar-refractivity contribution in [1.29, 1.82) is 0 Å². The molecule has 0 atom stereocenters. The minimum atomic E-state index is 1.07. The van der Waals surface area contributed by atoms with Crippen molar-refractivity contribution in [3.8, 4) is 0 Å². The van der Waals surface area contributed by atoms with E-state index in [9.17, 15) is 0 Å². The average molecular weight is 139 g/mol. The highest BCUT2D eigenvalue weighted by atomic mass is 32.1. The lowest BCUT2D eigenvalue weighted by atomic mass is 10.4. The molecule has 0 spiro atoms. The van der Waals surface area contributed by atoms with E-state index in [2.05, 4.69) is 10.4 Å². The van der Waals surface area contributed by atoms with Gasteiger partial charge in [0, 0.05) is 5.38 Å². The molecule has 1 rings (SSSR count). The summed E-state index contributed by atoms with van der Waals surface area (Å²) >= 11 is 1.68. The van der Waals surface area contributed by atoms with Crippen LogP contribution in [0.1, 0.15) is 17.6 Å². The van der Waals surface area contributed by atoms with Crippen LogP contribution in [0.3, 0.4) is 0 Å². The van der Waals surface area contributed by atoms with Crippen LogP contribution in [0, 0.1) is 6.92 Å². The maximum absolute atomic E-state index is 4.23. The fourth-order valence-corrected chi connectivity index (χ4v) is 1.21. The molecule has 0 aliphatic rings. The summed E-state index contributed by atoms with van der Waals surface area (Å²) in [6, 6.07) is 0. The predicted octanol–water partition coefficient (Wildman–Crippen LogP) is 2.48. The number of rotatable bonds is 1. The molecule has 0 saturated carbocycles. The van der Waals surface area contributed by atoms with E-state index in [1.807, 2.05) is 26.0 Å². The summed E-state index contributed by atoms with van der Waals surface area (Å²) in [4.78, 5) is 4.23. The average Bonchev–Trinajstić information content (AvgIpc) is 2.17. The third-order valence-electron chi connectivity index (χ3n) is 0.974. The van der Waals surface area contributed by atoms with Gasteiger partial charge in [-0.1, -0.05) is 6.08 Å². The molecule has 0 saturated heterocycles. The van der Waals surface area contributed by atoms with Crippen molar-refractivity contribution in [2.75, 3.05) is 0 Å². The number of aryl methyl sites for hydroxylation is 1. The fraction of sp³-hybridized carbons (Fsp3) is 0.286. The monoisotopic (exact) mass is 139 g/mol. The molecule has 0 unspecified atom stereocenters. The highest BCUT2D eigenvalue weighted by Crippen LogP contribution is 2.08. The highest BCUT2D eigenvalue weighted by Gasteiger charge is 1.89. The molecule has 0 amide bonds. The number of allylic oxidation sites excluding steroid dienone is 1. The van der Waals surface area contributed by atoms with Crippen LogP contribution in [0.2, 0.25) is 0 Å². The molecule has 0 aliphatic heterocycles. The van der Waals surface area contributed by atoms with Gasteiger partial charge in [-0.25, -0.2) is 4.98 Å². The van der Waals surface area contributed by atoms with Gasteiger partial charge in [0.05, 0.1) is 10.7 Å². The maximum Gasteiger partial charge on any atom is 0.0901 e. The zero-order valence-electron chi connectivity index (χ0n) is 5.59. The maximum atomic E-state index is 4.23. The molecule has 1 nitrogen and oxygen atoms in total. The van der Waals surface area contributed by atoms with E-state index in [1.54, 1.807) is 11.3 Å². The first-order valence-corrected chi connectivity index (χ1v) is 3.75. The summed E-state index contributed by atoms with van der Waals surface area (Å²) in [7, 11) is 0. The molecule has 0 aliphatic carbocycles. The van der Waals surface area contributed by atoms with E-state index < -0.39 is 0 Å². The lowest BCUT2D eigenvalue weighted by Gasteiger charge is -1.76. The van der Waals surface area contributed by atoms with Gasteiger partial charge >= 0.3 is 0 Å². The van der Waals surface area contributed by atoms with Gasteiger partial charge in [0.25, 0.3) is 0 Å². The van der Waals surface area contributed by atoms with Crippen LogP contribution < -0.4 is 0 Å². The van der Waals surface area contributed by atoms with E-state index >= 15 is 0 Å². The Balaban J connectivity index is 2.85. The summed E-state index contributed by atoms with van der Waals surface area (Å²) in [6.07, 6.45) is 4.00. The van der Waals surface area contributed by atoms with Crippen LogP contribution >= 0.6 is 11.3 Å². The Hall–Kier alpha value is -0.630. The Labute approximate surface area is 59.1 Å². The predicted molar refractivity (Wildman–Crippen MR) is 41.6 cm³/mol. The molecule has 1 aromatic heterocycles. The summed E-state index contributed by atoms with van der Waals surface area (Å²) < 4.78 is 0. The zero-order valence-corrected chi connectivity index (χ0v) is 6.40. The van der Waals surface area contributed by atoms with Crippen LogP contribution in [-0.2, 0) is 0 Å². The molecule has 2 heteroatoms. The Kier molecular flexibility index (Phi) is 2.01. The van der Waals surface area contributed by atoms with Gasteiger partial charge in [0.2, 0.25) is 0 Å². The minimum Gasteiger partial charge on any atom is -0.242 e. The second-order valence-corrected chi connectivity index (χ2v) is 2.85. The van der Waals surface area contributed by atoms with Crippen molar-refractivity contribution >= 4 is 17.4 Å². The van der Waals surface area contributed by atoms with Crippen molar-refractivity contribution in [3.63, 3.8) is 0 Å². The van der Waals surface area contributed by atoms with E-state index in [0.717, 1.165) is 10.7 Å². The Morgan fingerprint density at radius 1 is 1.67 bits per heavy atom. The number of hydrogen-bond acceptors (Lipinski definition) is 2. The Morgan fingerprint density at radius 3 is 2.89 bits per heavy atom. The molecule has 0 N–H and O–H groups in total. The van der Waals surface area contributed by atoms with E-state index in [4.69, 9.17) is 0 Å². The highest BCUT2D eigenvalue weighted by molar-refractivity contribution is 7.09. The zero-order chi connectivity index (χ0) is 6.69. The molecular formula is C7H9NS. The largest absolute Gasteiger partial charge is 0.242 e. The van der Waals surface area contributed by atoms with Crippen molar-refractivity contribution < 1.29 is 0 Å². The topological polar surface area (TPSA) is 12.9 Å². The first-order chi connectivity index (χ1) is 4.33. The smallest absolute Gasteiger partial charge is 0.0901 e. The molecule has 9 heavy (non-hydrogen) atoms. The van der Waals surface area contributed by atoms with Crippen LogP contribution in [0.15, 0.2) is 11.5 Å². The van der Waals surface area contributed by atoms with Gasteiger partial charge in [-0.05, 0) is 19.9 Å². The van der Waals surface area contributed by atoms with Gasteiger partial charge in [0.1, 0.15) is 0 Å². The van der Waals surface area contributed by atoms with Crippen molar-refractivity contribution in [2.45, 2.75) is 13.8 Å². The summed E-state index contributed by atoms with van der Waals surface area (Å²) in [6.45, 7) is 4.01. The number of aromatic nitrogens is 1. The normalized spacial score (nSPS) is 10.9. The van der Waals surface area contributed by atoms with Gasteiger partial charge in [-0.2, -0.15) is 0 Å². The summed E-state index contributed by atoms with van der Waals surface area (Å²) in [5.74, 6) is 0. The van der Waals surface area contributed by atoms with E-state index in [1.165, 1.54) is 0 Å². The molecule has 48 valence electrons. The van der Waals surface area contributed by atoms with Crippen LogP contribution in [-0.4, -0.2) is 4.98 Å². The molecule has 1 heterocycles. The Bertz CT molecular complexity index is 212. The Morgan fingerprint density at radius 2 is 2.44 bits per heavy atom. The molecule has 0 fully saturated rings. The number of nitrogens with zero attached hydrogens (tertiary/aromatic N) is 1. The third kappa shape index (κ3) is 1.64. The van der Waals surface area contributed by atoms with E-state index in [-0.39, 0.29) is 0 Å². The minimum absolute atomic E-state index is 1.07. The second-order valence-electron chi connectivity index (χ2n) is 1.79. The number of hydrogen-bond donors (Lipinski definition) is 0. The number of thiazole rings is 1. The molecular weight excluding hydrogens is 130 g/mol. The standard InChI is InChI=1S/C7H9NS/c1-3-4-7-5-9-6(2)8-7/h3-5H,1-2H3. The molecule has 1 aromatic rings. The first kappa shape index (κ1) is 6.49. The SMILES string of the molecule is CC=Cc1csc(C)n1. The molecule has 0 aromatic carbocycles. The van der Waals surface area contributed by atoms with Gasteiger partial charge in [-0.15, -0.1) is 11.3 Å². The summed E-state index contributed by atoms with van der Waals surface area (Å²) in [5, 5.41) is 3.18. The van der Waals surface area contributed by atoms with Crippen molar-refractivity contribution in [3.05, 3.63) is 22.2 Å². The van der Waals surface area contributed by atoms with E-state index in [0.29, 0.717) is 0 Å². The van der Waals surface area contributed by atoms with Crippen LogP contribution in [0.25, 0.3) is 6.08 Å². The van der Waals surface area contributed by atoms with Gasteiger partial charge in [0.15, 0.2) is 0 Å². The fourth-order valence-electron chi connectivity index (χ4n) is 0.627. The first-order valence-electron chi connectivity index (χ1n) is 2.88. The molecule has 0 radical (unpaired) electrons. The van der Waals surface area contributed by atoms with Crippen LogP contribution in [0.5, 0.6) is 0 Å². The summed E-state index contributed by atoms with van der Waals surface area (Å²) in [5.41, 5.74) is 1.07. The lowest BCUT2D eigenvalue weighted by molar-refractivity contribution is 1.27. The van der Waals surface area contributed by atoms with Gasteiger partial charge < -0.3 is 0 Å². The van der Waals surface area contributed by atoms with Gasteiger partial charge in [-0.3, -0.25) is 0 Å². The second kappa shape index (κ2) is 2.78. The third-order valence-corrected chi connectivity index (χ3v) is 1.77. The quantitative estimate of drug-likeness (QED) is 0.582. The van der Waals surface area contributed by atoms with Crippen molar-refractivity contribution in [2.24, 2.45) is 0 Å².